The minimum Gasteiger partial charge on any atom is -0.391 e. The van der Waals surface area contributed by atoms with E-state index in [1.807, 2.05) is 0 Å². The lowest BCUT2D eigenvalue weighted by Crippen LogP contribution is -2.28. The number of benzene rings is 2. The molecular weight excluding hydrogens is 334 g/mol. The lowest BCUT2D eigenvalue weighted by molar-refractivity contribution is -0.137. The quantitative estimate of drug-likeness (QED) is 0.823. The molecule has 0 fully saturated rings. The highest BCUT2D eigenvalue weighted by Crippen LogP contribution is 2.32. The van der Waals surface area contributed by atoms with Crippen LogP contribution in [0.15, 0.2) is 48.5 Å². The highest BCUT2D eigenvalue weighted by Gasteiger charge is 2.32. The molecule has 2 atom stereocenters. The maximum atomic E-state index is 13.4. The summed E-state index contributed by atoms with van der Waals surface area (Å²) in [5.41, 5.74) is 5.37. The monoisotopic (exact) mass is 349 g/mol. The van der Waals surface area contributed by atoms with Crippen LogP contribution in [0.5, 0.6) is 0 Å². The molecule has 126 valence electrons. The van der Waals surface area contributed by atoms with Crippen LogP contribution in [0.4, 0.5) is 17.6 Å². The average Bonchev–Trinajstić information content (AvgIpc) is 2.46. The fourth-order valence-electron chi connectivity index (χ4n) is 2.17. The lowest BCUT2D eigenvalue weighted by atomic mass is 9.95. The minimum atomic E-state index is -4.67. The number of aliphatic hydroxyl groups excluding tert-OH is 1. The average molecular weight is 350 g/mol. The number of nitrogens with two attached hydrogens (primary N) is 1. The highest BCUT2D eigenvalue weighted by molar-refractivity contribution is 5.85. The molecule has 0 spiro atoms. The minimum absolute atomic E-state index is 0. The van der Waals surface area contributed by atoms with Crippen LogP contribution in [0.25, 0.3) is 0 Å². The molecule has 7 heteroatoms. The normalized spacial score (nSPS) is 14.0. The van der Waals surface area contributed by atoms with Crippen LogP contribution in [0.3, 0.4) is 0 Å². The summed E-state index contributed by atoms with van der Waals surface area (Å²) >= 11 is 0. The van der Waals surface area contributed by atoms with Gasteiger partial charge in [0.25, 0.3) is 0 Å². The van der Waals surface area contributed by atoms with Crippen molar-refractivity contribution in [3.8, 4) is 0 Å². The predicted molar refractivity (Wildman–Crippen MR) is 81.7 cm³/mol. The summed E-state index contributed by atoms with van der Waals surface area (Å²) < 4.78 is 51.4. The standard InChI is InChI=1S/C16H15F4NO.ClH/c17-13-8-11(7-12(9-13)16(18,19)20)15(21)14(22)6-10-4-2-1-3-5-10;/h1-5,7-9,14-15,22H,6,21H2;1H/t14-,15+;/m1./s1. The molecule has 0 saturated heterocycles. The zero-order valence-electron chi connectivity index (χ0n) is 11.9. The molecule has 2 aromatic rings. The number of rotatable bonds is 4. The topological polar surface area (TPSA) is 46.2 Å². The molecule has 0 saturated carbocycles. The fraction of sp³-hybridized carbons (Fsp3) is 0.250. The SMILES string of the molecule is Cl.N[C@@H](c1cc(F)cc(C(F)(F)F)c1)[C@H](O)Cc1ccccc1. The van der Waals surface area contributed by atoms with Crippen molar-refractivity contribution in [1.82, 2.24) is 0 Å². The van der Waals surface area contributed by atoms with E-state index in [1.165, 1.54) is 0 Å². The van der Waals surface area contributed by atoms with Gasteiger partial charge in [-0.3, -0.25) is 0 Å². The summed E-state index contributed by atoms with van der Waals surface area (Å²) in [5.74, 6) is -1.04. The van der Waals surface area contributed by atoms with Crippen molar-refractivity contribution in [2.75, 3.05) is 0 Å². The molecule has 2 rings (SSSR count). The predicted octanol–water partition coefficient (Wildman–Crippen LogP) is 3.87. The molecule has 3 N–H and O–H groups in total. The van der Waals surface area contributed by atoms with Crippen LogP contribution in [0.1, 0.15) is 22.7 Å². The summed E-state index contributed by atoms with van der Waals surface area (Å²) in [5, 5.41) is 10.1. The number of hydrogen-bond donors (Lipinski definition) is 2. The van der Waals surface area contributed by atoms with Gasteiger partial charge in [-0.15, -0.1) is 12.4 Å². The molecule has 23 heavy (non-hydrogen) atoms. The van der Waals surface area contributed by atoms with E-state index in [-0.39, 0.29) is 24.4 Å². The van der Waals surface area contributed by atoms with Gasteiger partial charge in [0.1, 0.15) is 5.82 Å². The molecule has 0 unspecified atom stereocenters. The Kier molecular flexibility index (Phi) is 6.56. The molecule has 0 amide bonds. The first-order valence-electron chi connectivity index (χ1n) is 6.62. The maximum Gasteiger partial charge on any atom is 0.416 e. The van der Waals surface area contributed by atoms with Gasteiger partial charge in [-0.2, -0.15) is 13.2 Å². The molecule has 0 radical (unpaired) electrons. The largest absolute Gasteiger partial charge is 0.416 e. The summed E-state index contributed by atoms with van der Waals surface area (Å²) in [6, 6.07) is 9.85. The van der Waals surface area contributed by atoms with E-state index in [1.54, 1.807) is 30.3 Å². The lowest BCUT2D eigenvalue weighted by Gasteiger charge is -2.20. The van der Waals surface area contributed by atoms with Crippen LogP contribution in [0, 0.1) is 5.82 Å². The molecule has 2 aromatic carbocycles. The Labute approximate surface area is 137 Å². The summed E-state index contributed by atoms with van der Waals surface area (Å²) in [7, 11) is 0. The fourth-order valence-corrected chi connectivity index (χ4v) is 2.17. The Morgan fingerprint density at radius 3 is 2.22 bits per heavy atom. The van der Waals surface area contributed by atoms with Crippen LogP contribution < -0.4 is 5.73 Å². The van der Waals surface area contributed by atoms with Gasteiger partial charge >= 0.3 is 6.18 Å². The molecule has 2 nitrogen and oxygen atoms in total. The highest BCUT2D eigenvalue weighted by atomic mass is 35.5. The second kappa shape index (κ2) is 7.77. The van der Waals surface area contributed by atoms with E-state index in [9.17, 15) is 22.7 Å². The van der Waals surface area contributed by atoms with Crippen LogP contribution >= 0.6 is 12.4 Å². The van der Waals surface area contributed by atoms with Gasteiger partial charge in [0.05, 0.1) is 17.7 Å². The van der Waals surface area contributed by atoms with Gasteiger partial charge in [0.15, 0.2) is 0 Å². The van der Waals surface area contributed by atoms with Crippen LogP contribution in [-0.4, -0.2) is 11.2 Å². The van der Waals surface area contributed by atoms with E-state index in [2.05, 4.69) is 0 Å². The first-order valence-corrected chi connectivity index (χ1v) is 6.62. The van der Waals surface area contributed by atoms with Crippen molar-refractivity contribution >= 4 is 12.4 Å². The Bertz CT molecular complexity index is 634. The molecule has 0 aromatic heterocycles. The second-order valence-corrected chi connectivity index (χ2v) is 5.05. The first kappa shape index (κ1) is 19.4. The number of hydrogen-bond acceptors (Lipinski definition) is 2. The van der Waals surface area contributed by atoms with Gasteiger partial charge in [-0.05, 0) is 29.3 Å². The van der Waals surface area contributed by atoms with E-state index in [0.29, 0.717) is 6.07 Å². The molecule has 0 bridgehead atoms. The molecule has 0 aliphatic heterocycles. The van der Waals surface area contributed by atoms with Gasteiger partial charge < -0.3 is 10.8 Å². The van der Waals surface area contributed by atoms with Crippen molar-refractivity contribution in [2.45, 2.75) is 24.7 Å². The van der Waals surface area contributed by atoms with Crippen LogP contribution in [0.2, 0.25) is 0 Å². The third kappa shape index (κ3) is 5.20. The van der Waals surface area contributed by atoms with Crippen molar-refractivity contribution in [1.29, 1.82) is 0 Å². The van der Waals surface area contributed by atoms with Crippen molar-refractivity contribution in [3.63, 3.8) is 0 Å². The smallest absolute Gasteiger partial charge is 0.391 e. The Balaban J connectivity index is 0.00000264. The van der Waals surface area contributed by atoms with Gasteiger partial charge in [0.2, 0.25) is 0 Å². The second-order valence-electron chi connectivity index (χ2n) is 5.05. The van der Waals surface area contributed by atoms with Crippen molar-refractivity contribution in [3.05, 3.63) is 71.0 Å². The first-order chi connectivity index (χ1) is 10.3. The van der Waals surface area contributed by atoms with Crippen molar-refractivity contribution in [2.24, 2.45) is 5.73 Å². The number of alkyl halides is 3. The third-order valence-electron chi connectivity index (χ3n) is 3.33. The Morgan fingerprint density at radius 1 is 1.04 bits per heavy atom. The Morgan fingerprint density at radius 2 is 1.65 bits per heavy atom. The zero-order valence-corrected chi connectivity index (χ0v) is 12.7. The van der Waals surface area contributed by atoms with E-state index >= 15 is 0 Å². The molecular formula is C16H16ClF4NO. The molecule has 0 heterocycles. The van der Waals surface area contributed by atoms with Gasteiger partial charge in [-0.1, -0.05) is 30.3 Å². The summed E-state index contributed by atoms with van der Waals surface area (Å²) in [6.45, 7) is 0. The Hall–Kier alpha value is -1.63. The van der Waals surface area contributed by atoms with E-state index in [0.717, 1.165) is 17.7 Å². The molecule has 0 aliphatic rings. The van der Waals surface area contributed by atoms with Crippen molar-refractivity contribution < 1.29 is 22.7 Å². The van der Waals surface area contributed by atoms with Gasteiger partial charge in [-0.25, -0.2) is 4.39 Å². The van der Waals surface area contributed by atoms with Gasteiger partial charge in [0, 0.05) is 6.42 Å². The number of aliphatic hydroxyl groups is 1. The maximum absolute atomic E-state index is 13.4. The third-order valence-corrected chi connectivity index (χ3v) is 3.33. The zero-order chi connectivity index (χ0) is 16.3. The summed E-state index contributed by atoms with van der Waals surface area (Å²) in [4.78, 5) is 0. The van der Waals surface area contributed by atoms with Crippen LogP contribution in [-0.2, 0) is 12.6 Å². The van der Waals surface area contributed by atoms with E-state index < -0.39 is 29.7 Å². The number of halogens is 5. The molecule has 0 aliphatic carbocycles. The van der Waals surface area contributed by atoms with E-state index in [4.69, 9.17) is 5.73 Å². The summed E-state index contributed by atoms with van der Waals surface area (Å²) in [6.07, 6.45) is -5.62.